The standard InChI is InChI=1S/C39H37BrN6O7/c40-26-20-39-33-32(34(26)53-39)36(49)41-28(24-12-4-1-5-13-24)22-52-31(48)18-8-3-11-19-44(23-45-29-17-10-9-16-27(29)42-43-45)38(51)35(39)46(37(33)50)30(21-47)25-14-6-2-7-15-25/h1-7,9-17,20,28,30,32-35,47H,8,18-19,21-23H2,(H,41,49)/b11-3-/t28-,30-,32-,33+,34-,35-,39+/m1/s1. The number of carbonyl (C=O) groups is 4. The molecule has 2 fully saturated rings. The zero-order valence-corrected chi connectivity index (χ0v) is 30.1. The van der Waals surface area contributed by atoms with Crippen LogP contribution in [0, 0.1) is 11.8 Å². The average molecular weight is 782 g/mol. The molecule has 53 heavy (non-hydrogen) atoms. The first-order valence-corrected chi connectivity index (χ1v) is 18.4. The van der Waals surface area contributed by atoms with Gasteiger partial charge < -0.3 is 29.7 Å². The van der Waals surface area contributed by atoms with Crippen LogP contribution in [0.15, 0.2) is 108 Å². The van der Waals surface area contributed by atoms with Crippen LogP contribution in [-0.2, 0) is 35.3 Å². The largest absolute Gasteiger partial charge is 0.463 e. The van der Waals surface area contributed by atoms with E-state index in [1.165, 1.54) is 4.90 Å². The SMILES string of the molecule is O=C1CC/C=C\CN(Cn2nnc3ccccc32)C(=O)[C@H]2N([C@H](CO)c3ccccc3)C(=O)[C@@H]3[C@@H](C(=O)N[C@@H](c4ccccc4)CO1)[C@@H]1O[C@@]32C=C1Br. The summed E-state index contributed by atoms with van der Waals surface area (Å²) in [5.41, 5.74) is 1.13. The van der Waals surface area contributed by atoms with Gasteiger partial charge in [-0.15, -0.1) is 5.10 Å². The van der Waals surface area contributed by atoms with E-state index >= 15 is 9.59 Å². The number of allylic oxidation sites excluding steroid dienone is 1. The monoisotopic (exact) mass is 780 g/mol. The molecule has 2 N–H and O–H groups in total. The van der Waals surface area contributed by atoms with Crippen LogP contribution >= 0.6 is 15.9 Å². The van der Waals surface area contributed by atoms with Crippen molar-refractivity contribution in [2.45, 2.75) is 49.3 Å². The quantitative estimate of drug-likeness (QED) is 0.221. The molecule has 0 saturated carbocycles. The van der Waals surface area contributed by atoms with Gasteiger partial charge in [0.25, 0.3) is 5.91 Å². The Morgan fingerprint density at radius 3 is 2.45 bits per heavy atom. The predicted molar refractivity (Wildman–Crippen MR) is 194 cm³/mol. The number of ether oxygens (including phenoxy) is 2. The maximum atomic E-state index is 15.3. The van der Waals surface area contributed by atoms with Crippen molar-refractivity contribution in [3.63, 3.8) is 0 Å². The molecule has 272 valence electrons. The van der Waals surface area contributed by atoms with E-state index in [4.69, 9.17) is 9.47 Å². The molecule has 3 amide bonds. The lowest BCUT2D eigenvalue weighted by molar-refractivity contribution is -0.152. The molecule has 4 aliphatic rings. The summed E-state index contributed by atoms with van der Waals surface area (Å²) in [6.45, 7) is -0.546. The van der Waals surface area contributed by atoms with Gasteiger partial charge in [-0.3, -0.25) is 19.2 Å². The lowest BCUT2D eigenvalue weighted by Crippen LogP contribution is -2.57. The van der Waals surface area contributed by atoms with Crippen molar-refractivity contribution in [1.82, 2.24) is 30.1 Å². The summed E-state index contributed by atoms with van der Waals surface area (Å²) in [6, 6.07) is 22.6. The molecular weight excluding hydrogens is 744 g/mol. The molecule has 0 aliphatic carbocycles. The van der Waals surface area contributed by atoms with E-state index < -0.39 is 72.0 Å². The van der Waals surface area contributed by atoms with Gasteiger partial charge in [-0.05, 0) is 35.8 Å². The van der Waals surface area contributed by atoms with E-state index in [2.05, 4.69) is 31.6 Å². The number of esters is 1. The van der Waals surface area contributed by atoms with Crippen molar-refractivity contribution >= 4 is 50.7 Å². The molecule has 1 aromatic heterocycles. The number of amides is 3. The molecule has 0 radical (unpaired) electrons. The molecular formula is C39H37BrN6O7. The summed E-state index contributed by atoms with van der Waals surface area (Å²) in [7, 11) is 0. The maximum absolute atomic E-state index is 15.3. The van der Waals surface area contributed by atoms with Crippen LogP contribution in [0.5, 0.6) is 0 Å². The minimum atomic E-state index is -1.56. The first kappa shape index (κ1) is 34.9. The van der Waals surface area contributed by atoms with Crippen molar-refractivity contribution in [3.8, 4) is 0 Å². The van der Waals surface area contributed by atoms with E-state index in [1.807, 2.05) is 60.7 Å². The highest BCUT2D eigenvalue weighted by Gasteiger charge is 2.75. The van der Waals surface area contributed by atoms with Crippen LogP contribution < -0.4 is 5.32 Å². The van der Waals surface area contributed by atoms with Crippen molar-refractivity contribution < 1.29 is 33.8 Å². The zero-order valence-electron chi connectivity index (χ0n) is 28.5. The third-order valence-corrected chi connectivity index (χ3v) is 11.2. The summed E-state index contributed by atoms with van der Waals surface area (Å²) >= 11 is 3.62. The smallest absolute Gasteiger partial charge is 0.306 e. The molecule has 5 heterocycles. The lowest BCUT2D eigenvalue weighted by Gasteiger charge is -2.38. The van der Waals surface area contributed by atoms with Gasteiger partial charge in [-0.1, -0.05) is 106 Å². The molecule has 0 unspecified atom stereocenters. The third kappa shape index (κ3) is 6.13. The molecule has 4 aliphatic heterocycles. The van der Waals surface area contributed by atoms with Crippen LogP contribution in [0.25, 0.3) is 11.0 Å². The third-order valence-electron chi connectivity index (χ3n) is 10.6. The van der Waals surface area contributed by atoms with Gasteiger partial charge in [0, 0.05) is 17.4 Å². The number of halogens is 1. The minimum absolute atomic E-state index is 0.0306. The van der Waals surface area contributed by atoms with Gasteiger partial charge in [0.05, 0.1) is 36.0 Å². The molecule has 4 aromatic rings. The zero-order chi connectivity index (χ0) is 36.7. The van der Waals surface area contributed by atoms with Gasteiger partial charge in [0.1, 0.15) is 36.5 Å². The van der Waals surface area contributed by atoms with Crippen molar-refractivity contribution in [1.29, 1.82) is 0 Å². The molecule has 5 bridgehead atoms. The summed E-state index contributed by atoms with van der Waals surface area (Å²) in [5.74, 6) is -4.05. The molecule has 13 nitrogen and oxygen atoms in total. The summed E-state index contributed by atoms with van der Waals surface area (Å²) in [5, 5.41) is 22.6. The van der Waals surface area contributed by atoms with E-state index in [0.29, 0.717) is 33.1 Å². The predicted octanol–water partition coefficient (Wildman–Crippen LogP) is 3.57. The molecule has 1 spiro atoms. The number of nitrogens with one attached hydrogen (secondary N) is 1. The number of aliphatic hydroxyl groups is 1. The van der Waals surface area contributed by atoms with E-state index in [1.54, 1.807) is 52.1 Å². The van der Waals surface area contributed by atoms with Crippen LogP contribution in [0.3, 0.4) is 0 Å². The molecule has 3 aromatic carbocycles. The van der Waals surface area contributed by atoms with E-state index in [-0.39, 0.29) is 26.2 Å². The van der Waals surface area contributed by atoms with Crippen molar-refractivity contribution in [2.24, 2.45) is 11.8 Å². The fourth-order valence-corrected chi connectivity index (χ4v) is 8.85. The number of aromatic nitrogens is 3. The van der Waals surface area contributed by atoms with Crippen molar-refractivity contribution in [3.05, 3.63) is 119 Å². The molecule has 8 rings (SSSR count). The lowest BCUT2D eigenvalue weighted by atomic mass is 9.74. The number of hydrogen-bond donors (Lipinski definition) is 2. The number of para-hydroxylation sites is 1. The Morgan fingerprint density at radius 2 is 1.68 bits per heavy atom. The van der Waals surface area contributed by atoms with Crippen LogP contribution in [-0.4, -0.2) is 91.1 Å². The summed E-state index contributed by atoms with van der Waals surface area (Å²) in [4.78, 5) is 60.7. The van der Waals surface area contributed by atoms with Crippen LogP contribution in [0.1, 0.15) is 36.1 Å². The van der Waals surface area contributed by atoms with Gasteiger partial charge in [-0.25, -0.2) is 4.68 Å². The second kappa shape index (κ2) is 14.3. The normalized spacial score (nSPS) is 28.8. The number of rotatable bonds is 6. The van der Waals surface area contributed by atoms with E-state index in [9.17, 15) is 14.7 Å². The highest BCUT2D eigenvalue weighted by Crippen LogP contribution is 2.60. The second-order valence-corrected chi connectivity index (χ2v) is 14.5. The number of likely N-dealkylation sites (tertiary alicyclic amines) is 1. The summed E-state index contributed by atoms with van der Waals surface area (Å²) in [6.07, 6.45) is 4.91. The number of fused-ring (bicyclic) bond motifs is 3. The maximum Gasteiger partial charge on any atom is 0.306 e. The minimum Gasteiger partial charge on any atom is -0.463 e. The Morgan fingerprint density at radius 1 is 0.943 bits per heavy atom. The number of cyclic esters (lactones) is 1. The Labute approximate surface area is 313 Å². The van der Waals surface area contributed by atoms with Gasteiger partial charge in [0.2, 0.25) is 11.8 Å². The Kier molecular flexibility index (Phi) is 9.43. The average Bonchev–Trinajstić information content (AvgIpc) is 3.90. The molecule has 2 saturated heterocycles. The molecule has 7 atom stereocenters. The number of aliphatic hydroxyl groups excluding tert-OH is 1. The number of carbonyl (C=O) groups excluding carboxylic acids is 4. The number of nitrogens with zero attached hydrogens (tertiary/aromatic N) is 5. The highest BCUT2D eigenvalue weighted by atomic mass is 79.9. The highest BCUT2D eigenvalue weighted by molar-refractivity contribution is 9.11. The Hall–Kier alpha value is -5.18. The van der Waals surface area contributed by atoms with Crippen LogP contribution in [0.4, 0.5) is 0 Å². The first-order chi connectivity index (χ1) is 25.8. The fourth-order valence-electron chi connectivity index (χ4n) is 8.12. The van der Waals surface area contributed by atoms with Gasteiger partial charge in [-0.2, -0.15) is 0 Å². The molecule has 14 heteroatoms. The summed E-state index contributed by atoms with van der Waals surface area (Å²) < 4.78 is 14.5. The van der Waals surface area contributed by atoms with E-state index in [0.717, 1.165) is 0 Å². The first-order valence-electron chi connectivity index (χ1n) is 17.6. The van der Waals surface area contributed by atoms with Gasteiger partial charge in [0.15, 0.2) is 0 Å². The van der Waals surface area contributed by atoms with Crippen LogP contribution in [0.2, 0.25) is 0 Å². The fraction of sp³-hybridized carbons (Fsp3) is 0.333. The Balaban J connectivity index is 1.25. The van der Waals surface area contributed by atoms with Crippen molar-refractivity contribution in [2.75, 3.05) is 19.8 Å². The number of hydrogen-bond acceptors (Lipinski definition) is 9. The topological polar surface area (TPSA) is 156 Å². The number of benzene rings is 3. The Bertz CT molecular complexity index is 2110. The second-order valence-electron chi connectivity index (χ2n) is 13.6. The van der Waals surface area contributed by atoms with Gasteiger partial charge >= 0.3 is 5.97 Å².